The molecule has 8 N–H and O–H groups in total. The zero-order valence-electron chi connectivity index (χ0n) is 55.1. The molecule has 0 atom stereocenters. The number of nitrogens with zero attached hydrogens (tertiary/aromatic N) is 2. The van der Waals surface area contributed by atoms with Crippen LogP contribution in [0.25, 0.3) is 86.7 Å². The quantitative estimate of drug-likeness (QED) is 0.0163. The van der Waals surface area contributed by atoms with E-state index in [0.29, 0.717) is 33.2 Å². The van der Waals surface area contributed by atoms with Crippen molar-refractivity contribution < 1.29 is 19.2 Å². The fraction of sp³-hybridized carbons (Fsp3) is 0.385. The molecule has 9 aromatic carbocycles. The number of nitrogens with two attached hydrogens (primary N) is 2. The SMILES string of the molecule is CCCCCCc1ccc2c(c1)c1cc(CCCCCC)ccc1n2CCCNC(=O)NC(=O)NCCCn1c2ccc(CCCCCC)cc2c2cc(CCCCCC)ccc21.Clc1ccc2ccc(Cl)c3c4c(Cl)ccc5ccc(Cl)c(c1c23)c54.NC(=O)NC(N)=O. The van der Waals surface area contributed by atoms with Gasteiger partial charge >= 0.3 is 24.1 Å². The van der Waals surface area contributed by atoms with Crippen molar-refractivity contribution in [2.45, 2.75) is 182 Å². The summed E-state index contributed by atoms with van der Waals surface area (Å²) in [6.07, 6.45) is 26.2. The minimum atomic E-state index is -0.938. The fourth-order valence-electron chi connectivity index (χ4n) is 13.4. The lowest BCUT2D eigenvalue weighted by Gasteiger charge is -2.18. The van der Waals surface area contributed by atoms with Gasteiger partial charge in [-0.3, -0.25) is 10.6 Å². The Bertz CT molecular complexity index is 3920. The minimum Gasteiger partial charge on any atom is -0.351 e. The van der Waals surface area contributed by atoms with Gasteiger partial charge < -0.3 is 31.2 Å². The van der Waals surface area contributed by atoms with Crippen LogP contribution in [0.4, 0.5) is 19.2 Å². The standard InChI is InChI=1S/C56H79N5O2.C20H8Cl4.C2H5N3O2/c1-5-9-13-17-23-43-27-31-51-47(39-43)48-40-44(24-18-14-10-6-2)28-32-52(48)60(51)37-21-35-57-55(62)59-56(63)58-36-22-38-61-53-33-29-45(25-19-15-11-7-3)41-49(53)50-42-46(30-34-54(50)61)26-20-16-12-8-4;21-11-5-1-9-2-6-12(22)18-15(9)17(11)19-13(23)7-3-10-4-8-14(24)20(18)16(10)19;3-1(6)5-2(4)7/h27-34,39-42H,5-26,35-38H2,1-4H3,(H3,57,58,59,62,63);1-8H;(H5,3,4,5,6,7). The molecule has 0 radical (unpaired) electrons. The number of hydrogen-bond acceptors (Lipinski definition) is 4. The van der Waals surface area contributed by atoms with E-state index >= 15 is 0 Å². The Morgan fingerprint density at radius 1 is 0.340 bits per heavy atom. The molecule has 2 heterocycles. The summed E-state index contributed by atoms with van der Waals surface area (Å²) in [6, 6.07) is 40.9. The lowest BCUT2D eigenvalue weighted by Crippen LogP contribution is -2.45. The second-order valence-corrected chi connectivity index (χ2v) is 26.7. The molecule has 11 rings (SSSR count). The molecule has 8 amide bonds. The van der Waals surface area contributed by atoms with E-state index < -0.39 is 24.1 Å². The van der Waals surface area contributed by atoms with Crippen molar-refractivity contribution in [3.63, 3.8) is 0 Å². The number of aromatic nitrogens is 2. The summed E-state index contributed by atoms with van der Waals surface area (Å²) in [5, 5.41) is 25.7. The summed E-state index contributed by atoms with van der Waals surface area (Å²) in [6.45, 7) is 11.6. The van der Waals surface area contributed by atoms with E-state index in [1.54, 1.807) is 5.32 Å². The van der Waals surface area contributed by atoms with Crippen molar-refractivity contribution in [3.05, 3.63) is 164 Å². The number of unbranched alkanes of at least 4 members (excludes halogenated alkanes) is 12. The third-order valence-electron chi connectivity index (χ3n) is 18.1. The Balaban J connectivity index is 0.000000272. The number of carbonyl (C=O) groups is 4. The van der Waals surface area contributed by atoms with Gasteiger partial charge in [-0.05, 0) is 170 Å². The van der Waals surface area contributed by atoms with Crippen LogP contribution in [0.5, 0.6) is 0 Å². The molecule has 12 nitrogen and oxygen atoms in total. The number of aryl methyl sites for hydroxylation is 6. The molecule has 496 valence electrons. The van der Waals surface area contributed by atoms with Crippen LogP contribution in [0.2, 0.25) is 20.1 Å². The van der Waals surface area contributed by atoms with Gasteiger partial charge in [0.15, 0.2) is 0 Å². The van der Waals surface area contributed by atoms with Gasteiger partial charge in [-0.2, -0.15) is 0 Å². The Kier molecular flexibility index (Phi) is 26.2. The normalized spacial score (nSPS) is 11.5. The maximum atomic E-state index is 12.8. The molecule has 0 fully saturated rings. The Morgan fingerprint density at radius 2 is 0.617 bits per heavy atom. The molecule has 0 aliphatic rings. The molecule has 11 aromatic rings. The first-order valence-corrected chi connectivity index (χ1v) is 35.7. The molecular formula is C78H92Cl4N8O4. The predicted octanol–water partition coefficient (Wildman–Crippen LogP) is 22.0. The molecule has 0 unspecified atom stereocenters. The topological polar surface area (TPSA) is 178 Å². The molecule has 16 heteroatoms. The number of rotatable bonds is 28. The van der Waals surface area contributed by atoms with E-state index in [0.717, 1.165) is 94.7 Å². The first-order valence-electron chi connectivity index (χ1n) is 34.2. The molecule has 0 bridgehead atoms. The van der Waals surface area contributed by atoms with Crippen molar-refractivity contribution in [2.75, 3.05) is 13.1 Å². The van der Waals surface area contributed by atoms with Gasteiger partial charge in [-0.1, -0.05) is 200 Å². The van der Waals surface area contributed by atoms with E-state index in [2.05, 4.69) is 137 Å². The van der Waals surface area contributed by atoms with Crippen molar-refractivity contribution in [2.24, 2.45) is 11.5 Å². The second-order valence-electron chi connectivity index (χ2n) is 25.0. The predicted molar refractivity (Wildman–Crippen MR) is 399 cm³/mol. The van der Waals surface area contributed by atoms with E-state index in [-0.39, 0.29) is 0 Å². The number of primary amides is 2. The smallest absolute Gasteiger partial charge is 0.322 e. The molecule has 0 aliphatic carbocycles. The number of hydrogen-bond donors (Lipinski definition) is 6. The summed E-state index contributed by atoms with van der Waals surface area (Å²) in [4.78, 5) is 44.9. The van der Waals surface area contributed by atoms with Crippen molar-refractivity contribution in [1.29, 1.82) is 0 Å². The second kappa shape index (κ2) is 34.8. The van der Waals surface area contributed by atoms with Gasteiger partial charge in [0.05, 0.1) is 0 Å². The highest BCUT2D eigenvalue weighted by Gasteiger charge is 2.22. The molecule has 2 aromatic heterocycles. The monoisotopic (exact) mass is 1340 g/mol. The molecule has 0 aliphatic heterocycles. The van der Waals surface area contributed by atoms with Crippen LogP contribution in [0.15, 0.2) is 121 Å². The number of halogens is 4. The van der Waals surface area contributed by atoms with Gasteiger partial charge in [0.2, 0.25) is 0 Å². The van der Waals surface area contributed by atoms with E-state index in [1.165, 1.54) is 169 Å². The lowest BCUT2D eigenvalue weighted by molar-refractivity contribution is 0.226. The largest absolute Gasteiger partial charge is 0.351 e. The highest BCUT2D eigenvalue weighted by Crippen LogP contribution is 2.49. The maximum Gasteiger partial charge on any atom is 0.322 e. The van der Waals surface area contributed by atoms with Crippen molar-refractivity contribution in [3.8, 4) is 0 Å². The zero-order chi connectivity index (χ0) is 66.7. The van der Waals surface area contributed by atoms with E-state index in [9.17, 15) is 19.2 Å². The van der Waals surface area contributed by atoms with Gasteiger partial charge in [-0.25, -0.2) is 19.2 Å². The summed E-state index contributed by atoms with van der Waals surface area (Å²) in [5.74, 6) is 0. The minimum absolute atomic E-state index is 0.464. The van der Waals surface area contributed by atoms with E-state index in [1.807, 2.05) is 48.5 Å². The van der Waals surface area contributed by atoms with Crippen LogP contribution in [-0.4, -0.2) is 46.3 Å². The molecule has 0 spiro atoms. The highest BCUT2D eigenvalue weighted by atomic mass is 35.5. The fourth-order valence-corrected chi connectivity index (χ4v) is 14.4. The van der Waals surface area contributed by atoms with Crippen LogP contribution in [0.1, 0.15) is 166 Å². The maximum absolute atomic E-state index is 12.8. The van der Waals surface area contributed by atoms with Crippen LogP contribution < -0.4 is 32.7 Å². The first kappa shape index (κ1) is 70.8. The van der Waals surface area contributed by atoms with Gasteiger partial charge in [0.1, 0.15) is 0 Å². The summed E-state index contributed by atoms with van der Waals surface area (Å²) in [7, 11) is 0. The summed E-state index contributed by atoms with van der Waals surface area (Å²) in [5.41, 5.74) is 19.5. The number of amides is 8. The number of carbonyl (C=O) groups excluding carboxylic acids is 4. The van der Waals surface area contributed by atoms with Gasteiger partial charge in [-0.15, -0.1) is 0 Å². The van der Waals surface area contributed by atoms with E-state index in [4.69, 9.17) is 46.4 Å². The van der Waals surface area contributed by atoms with Crippen LogP contribution in [0.3, 0.4) is 0 Å². The Hall–Kier alpha value is -7.48. The number of imide groups is 2. The molecular weight excluding hydrogens is 1250 g/mol. The number of urea groups is 4. The third-order valence-corrected chi connectivity index (χ3v) is 19.4. The highest BCUT2D eigenvalue weighted by molar-refractivity contribution is 6.53. The third kappa shape index (κ3) is 17.7. The van der Waals surface area contributed by atoms with Gasteiger partial charge in [0, 0.05) is 122 Å². The Labute approximate surface area is 573 Å². The average molecular weight is 1350 g/mol. The number of fused-ring (bicyclic) bond motifs is 8. The number of benzene rings is 9. The van der Waals surface area contributed by atoms with Crippen LogP contribution in [-0.2, 0) is 38.8 Å². The molecule has 0 saturated heterocycles. The zero-order valence-corrected chi connectivity index (χ0v) is 58.1. The average Bonchev–Trinajstić information content (AvgIpc) is 0.984. The first-order chi connectivity index (χ1) is 45.6. The van der Waals surface area contributed by atoms with Crippen LogP contribution in [0, 0.1) is 0 Å². The van der Waals surface area contributed by atoms with Gasteiger partial charge in [0.25, 0.3) is 0 Å². The lowest BCUT2D eigenvalue weighted by atomic mass is 9.89. The van der Waals surface area contributed by atoms with Crippen molar-refractivity contribution >= 4 is 157 Å². The molecule has 94 heavy (non-hydrogen) atoms. The summed E-state index contributed by atoms with van der Waals surface area (Å²) < 4.78 is 4.83. The summed E-state index contributed by atoms with van der Waals surface area (Å²) >= 11 is 26.4. The molecule has 0 saturated carbocycles. The Morgan fingerprint density at radius 3 is 0.862 bits per heavy atom. The van der Waals surface area contributed by atoms with Crippen molar-refractivity contribution in [1.82, 2.24) is 30.4 Å². The van der Waals surface area contributed by atoms with Crippen LogP contribution >= 0.6 is 46.4 Å². The number of nitrogens with one attached hydrogen (secondary N) is 4.